The predicted molar refractivity (Wildman–Crippen MR) is 84.0 cm³/mol. The molecule has 110 valence electrons. The summed E-state index contributed by atoms with van der Waals surface area (Å²) in [4.78, 5) is 12.1. The van der Waals surface area contributed by atoms with Crippen molar-refractivity contribution in [1.82, 2.24) is 0 Å². The van der Waals surface area contributed by atoms with Gasteiger partial charge in [-0.3, -0.25) is 4.79 Å². The number of methoxy groups -OCH3 is 1. The van der Waals surface area contributed by atoms with Gasteiger partial charge in [0.15, 0.2) is 12.4 Å². The summed E-state index contributed by atoms with van der Waals surface area (Å²) < 4.78 is 10.6. The zero-order valence-electron chi connectivity index (χ0n) is 11.7. The van der Waals surface area contributed by atoms with Crippen molar-refractivity contribution in [1.29, 1.82) is 0 Å². The first-order chi connectivity index (χ1) is 10.0. The van der Waals surface area contributed by atoms with E-state index in [9.17, 15) is 4.79 Å². The smallest absolute Gasteiger partial charge is 0.200 e. The lowest BCUT2D eigenvalue weighted by atomic mass is 10.1. The van der Waals surface area contributed by atoms with Crippen LogP contribution in [0.15, 0.2) is 36.4 Å². The first-order valence-corrected chi connectivity index (χ1v) is 7.02. The van der Waals surface area contributed by atoms with Gasteiger partial charge in [-0.05, 0) is 48.9 Å². The third-order valence-electron chi connectivity index (χ3n) is 2.97. The standard InChI is InChI=1S/C16H14Cl2O3/c1-10-7-12(17)4-6-15(10)21-9-14(19)11-3-5-16(20-2)13(18)8-11/h3-8H,9H2,1-2H3. The van der Waals surface area contributed by atoms with E-state index in [-0.39, 0.29) is 12.4 Å². The van der Waals surface area contributed by atoms with Gasteiger partial charge in [-0.15, -0.1) is 0 Å². The quantitative estimate of drug-likeness (QED) is 0.755. The first-order valence-electron chi connectivity index (χ1n) is 6.27. The highest BCUT2D eigenvalue weighted by Crippen LogP contribution is 2.26. The van der Waals surface area contributed by atoms with Crippen molar-refractivity contribution in [2.45, 2.75) is 6.92 Å². The Hall–Kier alpha value is -1.71. The number of aryl methyl sites for hydroxylation is 1. The maximum Gasteiger partial charge on any atom is 0.200 e. The summed E-state index contributed by atoms with van der Waals surface area (Å²) in [6, 6.07) is 10.1. The highest BCUT2D eigenvalue weighted by Gasteiger charge is 2.11. The number of Topliss-reactive ketones (excluding diaryl/α,β-unsaturated/α-hetero) is 1. The topological polar surface area (TPSA) is 35.5 Å². The number of hydrogen-bond donors (Lipinski definition) is 0. The fourth-order valence-corrected chi connectivity index (χ4v) is 2.33. The van der Waals surface area contributed by atoms with E-state index in [1.165, 1.54) is 7.11 Å². The molecule has 0 fully saturated rings. The summed E-state index contributed by atoms with van der Waals surface area (Å²) in [6.07, 6.45) is 0. The Morgan fingerprint density at radius 3 is 2.43 bits per heavy atom. The highest BCUT2D eigenvalue weighted by molar-refractivity contribution is 6.32. The molecule has 0 N–H and O–H groups in total. The maximum atomic E-state index is 12.1. The van der Waals surface area contributed by atoms with Crippen molar-refractivity contribution in [3.8, 4) is 11.5 Å². The van der Waals surface area contributed by atoms with E-state index < -0.39 is 0 Å². The highest BCUT2D eigenvalue weighted by atomic mass is 35.5. The summed E-state index contributed by atoms with van der Waals surface area (Å²) in [5.74, 6) is 1.00. The summed E-state index contributed by atoms with van der Waals surface area (Å²) >= 11 is 11.9. The molecule has 3 nitrogen and oxygen atoms in total. The molecule has 0 aliphatic carbocycles. The average molecular weight is 325 g/mol. The van der Waals surface area contributed by atoms with Crippen molar-refractivity contribution < 1.29 is 14.3 Å². The van der Waals surface area contributed by atoms with Gasteiger partial charge in [0, 0.05) is 10.6 Å². The van der Waals surface area contributed by atoms with Gasteiger partial charge in [0.2, 0.25) is 0 Å². The number of benzene rings is 2. The van der Waals surface area contributed by atoms with Crippen LogP contribution in [0.2, 0.25) is 10.0 Å². The van der Waals surface area contributed by atoms with Crippen LogP contribution in [-0.4, -0.2) is 19.5 Å². The molecule has 0 spiro atoms. The SMILES string of the molecule is COc1ccc(C(=O)COc2ccc(Cl)cc2C)cc1Cl. The van der Waals surface area contributed by atoms with Crippen molar-refractivity contribution in [2.24, 2.45) is 0 Å². The molecular weight excluding hydrogens is 311 g/mol. The number of rotatable bonds is 5. The minimum Gasteiger partial charge on any atom is -0.495 e. The molecule has 0 aliphatic heterocycles. The lowest BCUT2D eigenvalue weighted by molar-refractivity contribution is 0.0921. The normalized spacial score (nSPS) is 10.3. The Kier molecular flexibility index (Phi) is 5.10. The minimum atomic E-state index is -0.158. The molecule has 2 rings (SSSR count). The predicted octanol–water partition coefficient (Wildman–Crippen LogP) is 4.57. The second-order valence-electron chi connectivity index (χ2n) is 4.47. The Morgan fingerprint density at radius 2 is 1.81 bits per heavy atom. The Labute approximate surface area is 133 Å². The molecule has 0 amide bonds. The van der Waals surface area contributed by atoms with E-state index in [1.807, 2.05) is 6.92 Å². The molecule has 2 aromatic carbocycles. The monoisotopic (exact) mass is 324 g/mol. The van der Waals surface area contributed by atoms with E-state index in [4.69, 9.17) is 32.7 Å². The molecule has 0 bridgehead atoms. The summed E-state index contributed by atoms with van der Waals surface area (Å²) in [6.45, 7) is 1.81. The number of ketones is 1. The van der Waals surface area contributed by atoms with Crippen LogP contribution in [0.5, 0.6) is 11.5 Å². The molecule has 0 saturated heterocycles. The Bertz CT molecular complexity index is 669. The van der Waals surface area contributed by atoms with Gasteiger partial charge in [0.1, 0.15) is 11.5 Å². The molecule has 0 heterocycles. The number of hydrogen-bond acceptors (Lipinski definition) is 3. The molecule has 0 aliphatic rings. The number of carbonyl (C=O) groups is 1. The van der Waals surface area contributed by atoms with Crippen LogP contribution in [0.25, 0.3) is 0 Å². The van der Waals surface area contributed by atoms with Crippen LogP contribution >= 0.6 is 23.2 Å². The van der Waals surface area contributed by atoms with Crippen molar-refractivity contribution in [3.63, 3.8) is 0 Å². The second-order valence-corrected chi connectivity index (χ2v) is 5.31. The van der Waals surface area contributed by atoms with E-state index >= 15 is 0 Å². The molecule has 5 heteroatoms. The molecule has 0 unspecified atom stereocenters. The third-order valence-corrected chi connectivity index (χ3v) is 3.50. The lowest BCUT2D eigenvalue weighted by Crippen LogP contribution is -2.12. The summed E-state index contributed by atoms with van der Waals surface area (Å²) in [7, 11) is 1.52. The third kappa shape index (κ3) is 3.90. The lowest BCUT2D eigenvalue weighted by Gasteiger charge is -2.09. The molecule has 0 radical (unpaired) electrons. The van der Waals surface area contributed by atoms with Gasteiger partial charge < -0.3 is 9.47 Å². The fraction of sp³-hybridized carbons (Fsp3) is 0.188. The summed E-state index contributed by atoms with van der Waals surface area (Å²) in [5.41, 5.74) is 1.36. The fourth-order valence-electron chi connectivity index (χ4n) is 1.84. The molecule has 21 heavy (non-hydrogen) atoms. The molecule has 0 saturated carbocycles. The maximum absolute atomic E-state index is 12.1. The molecule has 0 atom stereocenters. The van der Waals surface area contributed by atoms with Gasteiger partial charge in [-0.1, -0.05) is 23.2 Å². The first kappa shape index (κ1) is 15.7. The van der Waals surface area contributed by atoms with Crippen molar-refractivity contribution in [3.05, 3.63) is 57.6 Å². The van der Waals surface area contributed by atoms with Gasteiger partial charge in [0.05, 0.1) is 12.1 Å². The number of ether oxygens (including phenoxy) is 2. The van der Waals surface area contributed by atoms with Crippen LogP contribution in [-0.2, 0) is 0 Å². The van der Waals surface area contributed by atoms with E-state index in [0.717, 1.165) is 5.56 Å². The van der Waals surface area contributed by atoms with Crippen LogP contribution in [0.1, 0.15) is 15.9 Å². The average Bonchev–Trinajstić information content (AvgIpc) is 2.46. The van der Waals surface area contributed by atoms with E-state index in [1.54, 1.807) is 36.4 Å². The number of carbonyl (C=O) groups excluding carboxylic acids is 1. The second kappa shape index (κ2) is 6.83. The van der Waals surface area contributed by atoms with E-state index in [0.29, 0.717) is 27.1 Å². The van der Waals surface area contributed by atoms with Gasteiger partial charge in [-0.25, -0.2) is 0 Å². The van der Waals surface area contributed by atoms with Gasteiger partial charge in [0.25, 0.3) is 0 Å². The Balaban J connectivity index is 2.06. The zero-order chi connectivity index (χ0) is 15.4. The molecular formula is C16H14Cl2O3. The van der Waals surface area contributed by atoms with E-state index in [2.05, 4.69) is 0 Å². The summed E-state index contributed by atoms with van der Waals surface area (Å²) in [5, 5.41) is 1.03. The molecule has 0 aromatic heterocycles. The minimum absolute atomic E-state index is 0.0644. The van der Waals surface area contributed by atoms with Gasteiger partial charge in [-0.2, -0.15) is 0 Å². The van der Waals surface area contributed by atoms with Gasteiger partial charge >= 0.3 is 0 Å². The van der Waals surface area contributed by atoms with Crippen LogP contribution in [0.4, 0.5) is 0 Å². The zero-order valence-corrected chi connectivity index (χ0v) is 13.2. The Morgan fingerprint density at radius 1 is 1.10 bits per heavy atom. The number of halogens is 2. The van der Waals surface area contributed by atoms with Crippen LogP contribution < -0.4 is 9.47 Å². The molecule has 2 aromatic rings. The van der Waals surface area contributed by atoms with Crippen molar-refractivity contribution >= 4 is 29.0 Å². The van der Waals surface area contributed by atoms with Crippen LogP contribution in [0, 0.1) is 6.92 Å². The van der Waals surface area contributed by atoms with Crippen molar-refractivity contribution in [2.75, 3.05) is 13.7 Å². The largest absolute Gasteiger partial charge is 0.495 e. The van der Waals surface area contributed by atoms with Crippen LogP contribution in [0.3, 0.4) is 0 Å².